The lowest BCUT2D eigenvalue weighted by molar-refractivity contribution is -0.114. The van der Waals surface area contributed by atoms with Gasteiger partial charge in [0, 0.05) is 27.1 Å². The van der Waals surface area contributed by atoms with E-state index in [2.05, 4.69) is 22.2 Å². The fourth-order valence-corrected chi connectivity index (χ4v) is 11.5. The molecule has 2 N–H and O–H groups in total. The van der Waals surface area contributed by atoms with Crippen LogP contribution in [0.2, 0.25) is 0 Å². The van der Waals surface area contributed by atoms with E-state index in [-0.39, 0.29) is 30.9 Å². The minimum Gasteiger partial charge on any atom is -0.325 e. The number of anilines is 1. The number of sulfonamides is 2. The van der Waals surface area contributed by atoms with Crippen LogP contribution < -0.4 is 14.9 Å². The Bertz CT molecular complexity index is 2070. The molecule has 12 nitrogen and oxygen atoms in total. The number of carbonyl (C=O) groups is 1. The van der Waals surface area contributed by atoms with Gasteiger partial charge in [-0.2, -0.15) is 17.6 Å². The van der Waals surface area contributed by atoms with E-state index < -0.39 is 35.8 Å². The van der Waals surface area contributed by atoms with Crippen LogP contribution in [0, 0.1) is 0 Å². The van der Waals surface area contributed by atoms with E-state index in [4.69, 9.17) is 0 Å². The molecule has 1 amide bonds. The van der Waals surface area contributed by atoms with Crippen LogP contribution in [0.3, 0.4) is 0 Å². The zero-order valence-electron chi connectivity index (χ0n) is 31.4. The van der Waals surface area contributed by atoms with Gasteiger partial charge in [-0.25, -0.2) is 16.8 Å². The van der Waals surface area contributed by atoms with E-state index in [0.717, 1.165) is 51.0 Å². The van der Waals surface area contributed by atoms with Crippen molar-refractivity contribution in [2.24, 2.45) is 12.1 Å². The zero-order chi connectivity index (χ0) is 38.5. The molecule has 0 aliphatic carbocycles. The summed E-state index contributed by atoms with van der Waals surface area (Å²) in [5, 5.41) is 6.60. The van der Waals surface area contributed by atoms with Gasteiger partial charge in [0.05, 0.1) is 36.3 Å². The number of benzene rings is 2. The summed E-state index contributed by atoms with van der Waals surface area (Å²) in [5.74, 6) is -0.648. The molecule has 0 spiro atoms. The number of nitrogens with zero attached hydrogens (tertiary/aromatic N) is 3. The first-order valence-electron chi connectivity index (χ1n) is 19.1. The van der Waals surface area contributed by atoms with Gasteiger partial charge in [0.1, 0.15) is 0 Å². The maximum atomic E-state index is 13.4. The number of hydrogen-bond donors (Lipinski definition) is 2. The van der Waals surface area contributed by atoms with Crippen molar-refractivity contribution in [2.75, 3.05) is 24.2 Å². The van der Waals surface area contributed by atoms with Crippen LogP contribution in [0.15, 0.2) is 56.2 Å². The normalized spacial score (nSPS) is 14.9. The number of nitrogens with one attached hydrogen (secondary N) is 2. The molecule has 2 heterocycles. The fraction of sp³-hybridized carbons (Fsp3) is 0.622. The van der Waals surface area contributed by atoms with Gasteiger partial charge in [-0.05, 0) is 55.7 Å². The number of aromatic nitrogens is 1. The number of hydrogen-bond acceptors (Lipinski definition) is 9. The highest BCUT2D eigenvalue weighted by Gasteiger charge is 2.27. The van der Waals surface area contributed by atoms with Crippen LogP contribution in [0.4, 0.5) is 5.69 Å². The molecular weight excluding hydrogens is 755 g/mol. The molecule has 1 aromatic heterocycles. The Morgan fingerprint density at radius 1 is 0.755 bits per heavy atom. The molecule has 3 aromatic rings. The molecule has 0 saturated carbocycles. The highest BCUT2D eigenvalue weighted by Crippen LogP contribution is 2.28. The SMILES string of the molecule is CCCCCCCCCCCCCCCCS(=O)(=O)c1ccc(S(=O)(=O)N/N=c2\sc3ccc(S(=O)(=O)N4CCCCC4)cc3n2C)cc1NC(C)=O. The van der Waals surface area contributed by atoms with Crippen molar-refractivity contribution in [3.05, 3.63) is 41.2 Å². The Hall–Kier alpha value is -2.79. The summed E-state index contributed by atoms with van der Waals surface area (Å²) < 4.78 is 83.7. The predicted octanol–water partition coefficient (Wildman–Crippen LogP) is 7.42. The monoisotopic (exact) mass is 811 g/mol. The number of aryl methyl sites for hydroxylation is 1. The number of rotatable bonds is 22. The minimum absolute atomic E-state index is 0.110. The third-order valence-electron chi connectivity index (χ3n) is 9.67. The van der Waals surface area contributed by atoms with Crippen LogP contribution in [0.25, 0.3) is 10.2 Å². The summed E-state index contributed by atoms with van der Waals surface area (Å²) in [5.41, 5.74) is 0.466. The van der Waals surface area contributed by atoms with Gasteiger partial charge in [-0.1, -0.05) is 108 Å². The molecule has 296 valence electrons. The molecule has 1 aliphatic rings. The molecule has 2 aromatic carbocycles. The molecule has 53 heavy (non-hydrogen) atoms. The van der Waals surface area contributed by atoms with Crippen LogP contribution in [-0.2, 0) is 41.7 Å². The standard InChI is InChI=1S/C37H57N5O7S4/c1-4-5-6-7-8-9-10-11-12-13-14-15-16-20-27-51(44,45)36-24-22-31(28-33(36)38-30(2)43)52(46,47)40-39-37-41(3)34-29-32(21-23-35(34)50-37)53(48,49)42-25-18-17-19-26-42/h21-24,28-29,40H,4-20,25-27H2,1-3H3,(H,38,43)/b39-37-. The van der Waals surface area contributed by atoms with Crippen molar-refractivity contribution in [2.45, 2.75) is 138 Å². The molecule has 0 radical (unpaired) electrons. The van der Waals surface area contributed by atoms with E-state index in [1.165, 1.54) is 92.5 Å². The molecular formula is C37H57N5O7S4. The number of piperidine rings is 1. The van der Waals surface area contributed by atoms with Crippen molar-refractivity contribution >= 4 is 63.0 Å². The van der Waals surface area contributed by atoms with Crippen LogP contribution in [-0.4, -0.2) is 58.9 Å². The molecule has 1 saturated heterocycles. The lowest BCUT2D eigenvalue weighted by atomic mass is 10.0. The van der Waals surface area contributed by atoms with Gasteiger partial charge in [-0.15, -0.1) is 5.10 Å². The van der Waals surface area contributed by atoms with E-state index in [0.29, 0.717) is 29.7 Å². The van der Waals surface area contributed by atoms with Gasteiger partial charge in [0.25, 0.3) is 10.0 Å². The van der Waals surface area contributed by atoms with Gasteiger partial charge >= 0.3 is 0 Å². The van der Waals surface area contributed by atoms with E-state index in [1.54, 1.807) is 29.8 Å². The highest BCUT2D eigenvalue weighted by atomic mass is 32.2. The van der Waals surface area contributed by atoms with Gasteiger partial charge in [0.2, 0.25) is 20.7 Å². The highest BCUT2D eigenvalue weighted by molar-refractivity contribution is 7.91. The van der Waals surface area contributed by atoms with Gasteiger partial charge < -0.3 is 9.88 Å². The van der Waals surface area contributed by atoms with Crippen LogP contribution >= 0.6 is 11.3 Å². The van der Waals surface area contributed by atoms with E-state index in [1.807, 2.05) is 0 Å². The molecule has 1 aliphatic heterocycles. The van der Waals surface area contributed by atoms with Crippen LogP contribution in [0.5, 0.6) is 0 Å². The molecule has 0 atom stereocenters. The van der Waals surface area contributed by atoms with Crippen molar-refractivity contribution in [1.29, 1.82) is 0 Å². The quantitative estimate of drug-likeness (QED) is 0.0788. The van der Waals surface area contributed by atoms with Crippen LogP contribution in [0.1, 0.15) is 123 Å². The molecule has 4 rings (SSSR count). The number of fused-ring (bicyclic) bond motifs is 1. The van der Waals surface area contributed by atoms with Gasteiger partial charge in [0.15, 0.2) is 9.84 Å². The molecule has 0 unspecified atom stereocenters. The summed E-state index contributed by atoms with van der Waals surface area (Å²) in [6, 6.07) is 8.32. The second kappa shape index (κ2) is 20.2. The summed E-state index contributed by atoms with van der Waals surface area (Å²) in [6.45, 7) is 4.42. The first-order chi connectivity index (χ1) is 25.3. The fourth-order valence-electron chi connectivity index (χ4n) is 6.61. The van der Waals surface area contributed by atoms with Crippen molar-refractivity contribution in [3.63, 3.8) is 0 Å². The smallest absolute Gasteiger partial charge is 0.276 e. The van der Waals surface area contributed by atoms with Gasteiger partial charge in [-0.3, -0.25) is 4.79 Å². The predicted molar refractivity (Wildman–Crippen MR) is 212 cm³/mol. The van der Waals surface area contributed by atoms with Crippen molar-refractivity contribution in [1.82, 2.24) is 13.7 Å². The first kappa shape index (κ1) is 42.9. The second-order valence-corrected chi connectivity index (χ2v) is 20.7. The Kier molecular flexibility index (Phi) is 16.4. The largest absolute Gasteiger partial charge is 0.325 e. The lowest BCUT2D eigenvalue weighted by Crippen LogP contribution is -2.35. The van der Waals surface area contributed by atoms with E-state index >= 15 is 0 Å². The number of amides is 1. The Labute approximate surface area is 320 Å². The Morgan fingerprint density at radius 3 is 1.91 bits per heavy atom. The molecule has 16 heteroatoms. The number of unbranched alkanes of at least 4 members (excludes halogenated alkanes) is 13. The minimum atomic E-state index is -4.29. The summed E-state index contributed by atoms with van der Waals surface area (Å²) in [7, 11) is -10.1. The van der Waals surface area contributed by atoms with E-state index in [9.17, 15) is 30.0 Å². The number of thiazole rings is 1. The number of sulfone groups is 1. The Morgan fingerprint density at radius 2 is 1.32 bits per heavy atom. The zero-order valence-corrected chi connectivity index (χ0v) is 34.7. The second-order valence-electron chi connectivity index (χ2n) is 14.0. The third kappa shape index (κ3) is 12.4. The summed E-state index contributed by atoms with van der Waals surface area (Å²) in [4.78, 5) is 14.3. The first-order valence-corrected chi connectivity index (χ1v) is 24.4. The topological polar surface area (TPSA) is 164 Å². The lowest BCUT2D eigenvalue weighted by Gasteiger charge is -2.25. The maximum absolute atomic E-state index is 13.4. The summed E-state index contributed by atoms with van der Waals surface area (Å²) in [6.07, 6.45) is 18.7. The third-order valence-corrected chi connectivity index (χ3v) is 15.7. The molecule has 1 fully saturated rings. The van der Waals surface area contributed by atoms with Crippen molar-refractivity contribution in [3.8, 4) is 0 Å². The number of carbonyl (C=O) groups excluding carboxylic acids is 1. The maximum Gasteiger partial charge on any atom is 0.276 e. The Balaban J connectivity index is 1.36. The van der Waals surface area contributed by atoms with Crippen molar-refractivity contribution < 1.29 is 30.0 Å². The average molecular weight is 812 g/mol. The average Bonchev–Trinajstić information content (AvgIpc) is 3.45. The molecule has 0 bridgehead atoms. The summed E-state index contributed by atoms with van der Waals surface area (Å²) >= 11 is 1.18.